The van der Waals surface area contributed by atoms with Gasteiger partial charge in [0.1, 0.15) is 24.3 Å². The van der Waals surface area contributed by atoms with E-state index in [9.17, 15) is 9.59 Å². The van der Waals surface area contributed by atoms with Gasteiger partial charge in [-0.15, -0.1) is 0 Å². The molecule has 152 valence electrons. The second-order valence-electron chi connectivity index (χ2n) is 7.43. The third-order valence-electron chi connectivity index (χ3n) is 3.97. The van der Waals surface area contributed by atoms with Crippen molar-refractivity contribution in [3.63, 3.8) is 0 Å². The Morgan fingerprint density at radius 3 is 2.66 bits per heavy atom. The van der Waals surface area contributed by atoms with Crippen molar-refractivity contribution in [1.82, 2.24) is 14.9 Å². The van der Waals surface area contributed by atoms with E-state index in [4.69, 9.17) is 15.2 Å². The average Bonchev–Trinajstić information content (AvgIpc) is 3.08. The molecule has 8 heteroatoms. The number of nitrogens with one attached hydrogen (secondary N) is 1. The van der Waals surface area contributed by atoms with Crippen molar-refractivity contribution in [1.29, 1.82) is 0 Å². The van der Waals surface area contributed by atoms with Crippen molar-refractivity contribution in [3.05, 3.63) is 54.4 Å². The number of carbonyl (C=O) groups excluding carboxylic acids is 2. The van der Waals surface area contributed by atoms with Crippen LogP contribution in [0.25, 0.3) is 16.7 Å². The van der Waals surface area contributed by atoms with E-state index in [1.54, 1.807) is 43.8 Å². The molecular formula is C21H24N4O4. The van der Waals surface area contributed by atoms with Gasteiger partial charge in [-0.25, -0.2) is 9.78 Å². The number of amides is 2. The van der Waals surface area contributed by atoms with Crippen LogP contribution in [-0.2, 0) is 4.74 Å². The summed E-state index contributed by atoms with van der Waals surface area (Å²) in [6, 6.07) is 12.6. The van der Waals surface area contributed by atoms with Crippen LogP contribution in [0.3, 0.4) is 0 Å². The number of carbonyl (C=O) groups is 2. The van der Waals surface area contributed by atoms with Crippen LogP contribution in [0.1, 0.15) is 31.1 Å². The molecule has 2 amide bonds. The van der Waals surface area contributed by atoms with Gasteiger partial charge >= 0.3 is 6.09 Å². The van der Waals surface area contributed by atoms with Crippen molar-refractivity contribution < 1.29 is 19.1 Å². The molecular weight excluding hydrogens is 372 g/mol. The highest BCUT2D eigenvalue weighted by Gasteiger charge is 2.16. The van der Waals surface area contributed by atoms with Crippen molar-refractivity contribution in [3.8, 4) is 11.4 Å². The number of para-hydroxylation sites is 1. The van der Waals surface area contributed by atoms with Crippen molar-refractivity contribution in [2.75, 3.05) is 13.2 Å². The van der Waals surface area contributed by atoms with Crippen molar-refractivity contribution >= 4 is 23.0 Å². The zero-order valence-corrected chi connectivity index (χ0v) is 16.6. The van der Waals surface area contributed by atoms with Crippen LogP contribution in [0.4, 0.5) is 4.79 Å². The predicted molar refractivity (Wildman–Crippen MR) is 109 cm³/mol. The maximum atomic E-state index is 11.8. The molecule has 0 saturated heterocycles. The SMILES string of the molecule is CC(C)(C)OC(=O)NCCOc1cccc(-n2cnc3cccc(C(N)=O)c32)c1. The van der Waals surface area contributed by atoms with Gasteiger partial charge in [0.05, 0.1) is 28.8 Å². The third-order valence-corrected chi connectivity index (χ3v) is 3.97. The summed E-state index contributed by atoms with van der Waals surface area (Å²) >= 11 is 0. The number of benzene rings is 2. The standard InChI is InChI=1S/C21H24N4O4/c1-21(2,3)29-20(27)23-10-11-28-15-7-4-6-14(12-15)25-13-24-17-9-5-8-16(18(17)25)19(22)26/h4-9,12-13H,10-11H2,1-3H3,(H2,22,26)(H,23,27). The van der Waals surface area contributed by atoms with E-state index in [1.165, 1.54) is 0 Å². The Bertz CT molecular complexity index is 1040. The van der Waals surface area contributed by atoms with Gasteiger partial charge in [0.15, 0.2) is 0 Å². The minimum absolute atomic E-state index is 0.278. The summed E-state index contributed by atoms with van der Waals surface area (Å²) in [5.74, 6) is 0.102. The summed E-state index contributed by atoms with van der Waals surface area (Å²) in [6.45, 7) is 5.99. The number of ether oxygens (including phenoxy) is 2. The molecule has 1 aromatic heterocycles. The van der Waals surface area contributed by atoms with Gasteiger partial charge < -0.3 is 20.5 Å². The number of hydrogen-bond donors (Lipinski definition) is 2. The number of alkyl carbamates (subject to hydrolysis) is 1. The van der Waals surface area contributed by atoms with Gasteiger partial charge in [0, 0.05) is 6.07 Å². The summed E-state index contributed by atoms with van der Waals surface area (Å²) < 4.78 is 12.7. The summed E-state index contributed by atoms with van der Waals surface area (Å²) in [6.07, 6.45) is 1.15. The van der Waals surface area contributed by atoms with Crippen LogP contribution in [0, 0.1) is 0 Å². The van der Waals surface area contributed by atoms with Crippen molar-refractivity contribution in [2.45, 2.75) is 26.4 Å². The van der Waals surface area contributed by atoms with Crippen LogP contribution in [-0.4, -0.2) is 40.3 Å². The lowest BCUT2D eigenvalue weighted by Gasteiger charge is -2.19. The maximum absolute atomic E-state index is 11.8. The minimum atomic E-state index is -0.545. The number of imidazole rings is 1. The lowest BCUT2D eigenvalue weighted by atomic mass is 10.1. The number of primary amides is 1. The lowest BCUT2D eigenvalue weighted by Crippen LogP contribution is -2.34. The van der Waals surface area contributed by atoms with Crippen LogP contribution in [0.2, 0.25) is 0 Å². The molecule has 2 aromatic carbocycles. The molecule has 0 atom stereocenters. The van der Waals surface area contributed by atoms with Gasteiger partial charge in [-0.3, -0.25) is 9.36 Å². The second-order valence-corrected chi connectivity index (χ2v) is 7.43. The number of aromatic nitrogens is 2. The zero-order chi connectivity index (χ0) is 21.0. The lowest BCUT2D eigenvalue weighted by molar-refractivity contribution is 0.0520. The van der Waals surface area contributed by atoms with Crippen LogP contribution in [0.15, 0.2) is 48.8 Å². The highest BCUT2D eigenvalue weighted by molar-refractivity contribution is 6.04. The van der Waals surface area contributed by atoms with Gasteiger partial charge in [0.25, 0.3) is 5.91 Å². The molecule has 29 heavy (non-hydrogen) atoms. The highest BCUT2D eigenvalue weighted by atomic mass is 16.6. The quantitative estimate of drug-likeness (QED) is 0.623. The van der Waals surface area contributed by atoms with E-state index in [0.29, 0.717) is 28.9 Å². The normalized spacial score (nSPS) is 11.3. The van der Waals surface area contributed by atoms with E-state index >= 15 is 0 Å². The molecule has 3 aromatic rings. The molecule has 0 saturated carbocycles. The molecule has 0 aliphatic heterocycles. The van der Waals surface area contributed by atoms with E-state index in [2.05, 4.69) is 10.3 Å². The molecule has 0 unspecified atom stereocenters. The average molecular weight is 396 g/mol. The Labute approximate surface area is 168 Å². The Morgan fingerprint density at radius 2 is 1.93 bits per heavy atom. The molecule has 0 aliphatic rings. The first-order chi connectivity index (χ1) is 13.7. The summed E-state index contributed by atoms with van der Waals surface area (Å²) in [4.78, 5) is 27.8. The molecule has 3 rings (SSSR count). The van der Waals surface area contributed by atoms with Crippen molar-refractivity contribution in [2.24, 2.45) is 5.73 Å². The highest BCUT2D eigenvalue weighted by Crippen LogP contribution is 2.24. The van der Waals surface area contributed by atoms with Gasteiger partial charge in [-0.05, 0) is 45.0 Å². The molecule has 3 N–H and O–H groups in total. The molecule has 0 aliphatic carbocycles. The maximum Gasteiger partial charge on any atom is 0.407 e. The first-order valence-corrected chi connectivity index (χ1v) is 9.20. The fraction of sp³-hybridized carbons (Fsp3) is 0.286. The van der Waals surface area contributed by atoms with E-state index < -0.39 is 17.6 Å². The van der Waals surface area contributed by atoms with Crippen LogP contribution >= 0.6 is 0 Å². The Morgan fingerprint density at radius 1 is 1.17 bits per heavy atom. The Kier molecular flexibility index (Phi) is 5.72. The largest absolute Gasteiger partial charge is 0.492 e. The van der Waals surface area contributed by atoms with Crippen LogP contribution in [0.5, 0.6) is 5.75 Å². The first-order valence-electron chi connectivity index (χ1n) is 9.20. The minimum Gasteiger partial charge on any atom is -0.492 e. The predicted octanol–water partition coefficient (Wildman–Crippen LogP) is 3.03. The summed E-state index contributed by atoms with van der Waals surface area (Å²) in [5, 5.41) is 2.64. The number of rotatable bonds is 6. The third kappa shape index (κ3) is 5.04. The number of nitrogens with zero attached hydrogens (tertiary/aromatic N) is 2. The van der Waals surface area contributed by atoms with E-state index in [0.717, 1.165) is 5.69 Å². The summed E-state index contributed by atoms with van der Waals surface area (Å²) in [7, 11) is 0. The molecule has 0 spiro atoms. The number of fused-ring (bicyclic) bond motifs is 1. The monoisotopic (exact) mass is 396 g/mol. The molecule has 0 radical (unpaired) electrons. The Hall–Kier alpha value is -3.55. The summed E-state index contributed by atoms with van der Waals surface area (Å²) in [5.41, 5.74) is 7.46. The zero-order valence-electron chi connectivity index (χ0n) is 16.6. The molecule has 0 fully saturated rings. The second kappa shape index (κ2) is 8.22. The first kappa shape index (κ1) is 20.2. The molecule has 8 nitrogen and oxygen atoms in total. The number of nitrogens with two attached hydrogens (primary N) is 1. The fourth-order valence-corrected chi connectivity index (χ4v) is 2.82. The van der Waals surface area contributed by atoms with E-state index in [-0.39, 0.29) is 6.61 Å². The smallest absolute Gasteiger partial charge is 0.407 e. The van der Waals surface area contributed by atoms with Gasteiger partial charge in [-0.2, -0.15) is 0 Å². The Balaban J connectivity index is 1.70. The number of hydrogen-bond acceptors (Lipinski definition) is 5. The van der Waals surface area contributed by atoms with Gasteiger partial charge in [0.2, 0.25) is 0 Å². The fourth-order valence-electron chi connectivity index (χ4n) is 2.82. The topological polar surface area (TPSA) is 108 Å². The van der Waals surface area contributed by atoms with Gasteiger partial charge in [-0.1, -0.05) is 12.1 Å². The van der Waals surface area contributed by atoms with Crippen LogP contribution < -0.4 is 15.8 Å². The van der Waals surface area contributed by atoms with E-state index in [1.807, 2.05) is 30.3 Å². The molecule has 0 bridgehead atoms. The molecule has 1 heterocycles.